The van der Waals surface area contributed by atoms with Crippen LogP contribution in [0.2, 0.25) is 0 Å². The highest BCUT2D eigenvalue weighted by Crippen LogP contribution is 2.31. The molecule has 0 atom stereocenters. The SMILES string of the molecule is CCOC(=O)NCCC(=O)Nc1ccc(OC)c(OCc2ccncc2)c1. The highest BCUT2D eigenvalue weighted by molar-refractivity contribution is 5.91. The van der Waals surface area contributed by atoms with Gasteiger partial charge in [0.25, 0.3) is 0 Å². The molecule has 0 unspecified atom stereocenters. The Morgan fingerprint density at radius 2 is 1.89 bits per heavy atom. The Labute approximate surface area is 157 Å². The first-order valence-electron chi connectivity index (χ1n) is 8.52. The molecule has 0 aliphatic rings. The summed E-state index contributed by atoms with van der Waals surface area (Å²) < 4.78 is 15.8. The molecule has 0 saturated carbocycles. The molecule has 0 spiro atoms. The fourth-order valence-corrected chi connectivity index (χ4v) is 2.19. The minimum absolute atomic E-state index is 0.123. The zero-order valence-corrected chi connectivity index (χ0v) is 15.4. The summed E-state index contributed by atoms with van der Waals surface area (Å²) in [5.74, 6) is 0.833. The van der Waals surface area contributed by atoms with Gasteiger partial charge in [0.05, 0.1) is 13.7 Å². The average Bonchev–Trinajstić information content (AvgIpc) is 2.67. The fourth-order valence-electron chi connectivity index (χ4n) is 2.19. The number of nitrogens with one attached hydrogen (secondary N) is 2. The number of aromatic nitrogens is 1. The first-order valence-corrected chi connectivity index (χ1v) is 8.52. The summed E-state index contributed by atoms with van der Waals surface area (Å²) >= 11 is 0. The lowest BCUT2D eigenvalue weighted by Gasteiger charge is -2.13. The van der Waals surface area contributed by atoms with Gasteiger partial charge in [0.2, 0.25) is 5.91 Å². The van der Waals surface area contributed by atoms with Crippen molar-refractivity contribution in [1.29, 1.82) is 0 Å². The Hall–Kier alpha value is -3.29. The summed E-state index contributed by atoms with van der Waals surface area (Å²) in [5, 5.41) is 5.26. The van der Waals surface area contributed by atoms with E-state index >= 15 is 0 Å². The first kappa shape index (κ1) is 20.0. The van der Waals surface area contributed by atoms with Crippen molar-refractivity contribution >= 4 is 17.7 Å². The summed E-state index contributed by atoms with van der Waals surface area (Å²) in [5.41, 5.74) is 1.54. The Bertz CT molecular complexity index is 752. The smallest absolute Gasteiger partial charge is 0.407 e. The Morgan fingerprint density at radius 1 is 1.11 bits per heavy atom. The second-order valence-electron chi connectivity index (χ2n) is 5.46. The quantitative estimate of drug-likeness (QED) is 0.701. The van der Waals surface area contributed by atoms with Crippen molar-refractivity contribution < 1.29 is 23.8 Å². The largest absolute Gasteiger partial charge is 0.493 e. The van der Waals surface area contributed by atoms with E-state index < -0.39 is 6.09 Å². The topological polar surface area (TPSA) is 98.8 Å². The summed E-state index contributed by atoms with van der Waals surface area (Å²) in [4.78, 5) is 27.2. The number of ether oxygens (including phenoxy) is 3. The van der Waals surface area contributed by atoms with E-state index in [4.69, 9.17) is 14.2 Å². The van der Waals surface area contributed by atoms with Gasteiger partial charge in [-0.2, -0.15) is 0 Å². The molecule has 0 fully saturated rings. The second kappa shape index (κ2) is 10.6. The average molecular weight is 373 g/mol. The molecule has 0 saturated heterocycles. The molecule has 0 aliphatic heterocycles. The molecular weight excluding hydrogens is 350 g/mol. The van der Waals surface area contributed by atoms with Crippen molar-refractivity contribution in [2.45, 2.75) is 20.0 Å². The number of carbonyl (C=O) groups is 2. The minimum atomic E-state index is -0.540. The highest BCUT2D eigenvalue weighted by atomic mass is 16.5. The maximum atomic E-state index is 12.0. The third kappa shape index (κ3) is 6.85. The summed E-state index contributed by atoms with van der Waals surface area (Å²) in [7, 11) is 1.55. The van der Waals surface area contributed by atoms with Crippen LogP contribution in [0.1, 0.15) is 18.9 Å². The van der Waals surface area contributed by atoms with Crippen molar-refractivity contribution in [3.63, 3.8) is 0 Å². The van der Waals surface area contributed by atoms with E-state index in [0.29, 0.717) is 23.8 Å². The normalized spacial score (nSPS) is 10.0. The van der Waals surface area contributed by atoms with Gasteiger partial charge in [-0.15, -0.1) is 0 Å². The van der Waals surface area contributed by atoms with Gasteiger partial charge in [-0.05, 0) is 36.8 Å². The van der Waals surface area contributed by atoms with Crippen LogP contribution in [0.15, 0.2) is 42.7 Å². The van der Waals surface area contributed by atoms with E-state index in [1.807, 2.05) is 12.1 Å². The molecule has 2 amide bonds. The summed E-state index contributed by atoms with van der Waals surface area (Å²) in [6.07, 6.45) is 2.97. The van der Waals surface area contributed by atoms with Gasteiger partial charge in [-0.25, -0.2) is 4.79 Å². The van der Waals surface area contributed by atoms with E-state index in [2.05, 4.69) is 15.6 Å². The minimum Gasteiger partial charge on any atom is -0.493 e. The zero-order valence-electron chi connectivity index (χ0n) is 15.4. The molecule has 8 heteroatoms. The lowest BCUT2D eigenvalue weighted by atomic mass is 10.2. The number of hydrogen-bond donors (Lipinski definition) is 2. The predicted octanol–water partition coefficient (Wildman–Crippen LogP) is 2.74. The Balaban J connectivity index is 1.91. The van der Waals surface area contributed by atoms with Crippen LogP contribution in [0, 0.1) is 0 Å². The predicted molar refractivity (Wildman–Crippen MR) is 99.8 cm³/mol. The van der Waals surface area contributed by atoms with Crippen LogP contribution in [0.4, 0.5) is 10.5 Å². The van der Waals surface area contributed by atoms with Crippen LogP contribution in [0.5, 0.6) is 11.5 Å². The Morgan fingerprint density at radius 3 is 2.59 bits per heavy atom. The number of methoxy groups -OCH3 is 1. The highest BCUT2D eigenvalue weighted by Gasteiger charge is 2.09. The lowest BCUT2D eigenvalue weighted by Crippen LogP contribution is -2.28. The molecule has 0 aliphatic carbocycles. The maximum absolute atomic E-state index is 12.0. The molecule has 2 N–H and O–H groups in total. The van der Waals surface area contributed by atoms with Crippen LogP contribution in [0.25, 0.3) is 0 Å². The van der Waals surface area contributed by atoms with Gasteiger partial charge in [-0.1, -0.05) is 0 Å². The van der Waals surface area contributed by atoms with Crippen LogP contribution >= 0.6 is 0 Å². The number of rotatable bonds is 9. The monoisotopic (exact) mass is 373 g/mol. The van der Waals surface area contributed by atoms with Crippen molar-refractivity contribution in [3.8, 4) is 11.5 Å². The third-order valence-corrected chi connectivity index (χ3v) is 3.49. The maximum Gasteiger partial charge on any atom is 0.407 e. The number of amides is 2. The molecule has 1 aromatic heterocycles. The standard InChI is InChI=1S/C19H23N3O5/c1-3-26-19(24)21-11-8-18(23)22-15-4-5-16(25-2)17(12-15)27-13-14-6-9-20-10-7-14/h4-7,9-10,12H,3,8,11,13H2,1-2H3,(H,21,24)(H,22,23). The molecule has 2 rings (SSSR count). The molecule has 27 heavy (non-hydrogen) atoms. The van der Waals surface area contributed by atoms with Gasteiger partial charge in [-0.3, -0.25) is 9.78 Å². The van der Waals surface area contributed by atoms with E-state index in [9.17, 15) is 9.59 Å². The van der Waals surface area contributed by atoms with Crippen LogP contribution in [-0.4, -0.2) is 37.2 Å². The summed E-state index contributed by atoms with van der Waals surface area (Å²) in [6, 6.07) is 8.84. The molecule has 2 aromatic rings. The van der Waals surface area contributed by atoms with E-state index in [1.165, 1.54) is 0 Å². The van der Waals surface area contributed by atoms with Crippen molar-refractivity contribution in [3.05, 3.63) is 48.3 Å². The second-order valence-corrected chi connectivity index (χ2v) is 5.46. The molecular formula is C19H23N3O5. The van der Waals surface area contributed by atoms with Crippen LogP contribution < -0.4 is 20.1 Å². The zero-order chi connectivity index (χ0) is 19.5. The number of pyridine rings is 1. The number of benzene rings is 1. The molecule has 0 bridgehead atoms. The van der Waals surface area contributed by atoms with Gasteiger partial charge >= 0.3 is 6.09 Å². The molecule has 0 radical (unpaired) electrons. The number of nitrogens with zero attached hydrogens (tertiary/aromatic N) is 1. The Kier molecular flexibility index (Phi) is 7.90. The first-order chi connectivity index (χ1) is 13.1. The fraction of sp³-hybridized carbons (Fsp3) is 0.316. The van der Waals surface area contributed by atoms with Crippen molar-refractivity contribution in [2.24, 2.45) is 0 Å². The van der Waals surface area contributed by atoms with Crippen LogP contribution in [0.3, 0.4) is 0 Å². The lowest BCUT2D eigenvalue weighted by molar-refractivity contribution is -0.116. The van der Waals surface area contributed by atoms with Gasteiger partial charge in [0.1, 0.15) is 6.61 Å². The molecule has 144 valence electrons. The number of anilines is 1. The molecule has 8 nitrogen and oxygen atoms in total. The van der Waals surface area contributed by atoms with Gasteiger partial charge in [0.15, 0.2) is 11.5 Å². The van der Waals surface area contributed by atoms with Crippen LogP contribution in [-0.2, 0) is 16.1 Å². The van der Waals surface area contributed by atoms with Gasteiger partial charge < -0.3 is 24.8 Å². The van der Waals surface area contributed by atoms with Crippen molar-refractivity contribution in [2.75, 3.05) is 25.6 Å². The molecule has 1 heterocycles. The van der Waals surface area contributed by atoms with E-state index in [0.717, 1.165) is 5.56 Å². The number of hydrogen-bond acceptors (Lipinski definition) is 6. The van der Waals surface area contributed by atoms with E-state index in [1.54, 1.807) is 44.6 Å². The number of alkyl carbamates (subject to hydrolysis) is 1. The number of carbonyl (C=O) groups excluding carboxylic acids is 2. The van der Waals surface area contributed by atoms with Gasteiger partial charge in [0, 0.05) is 37.1 Å². The van der Waals surface area contributed by atoms with Crippen molar-refractivity contribution in [1.82, 2.24) is 10.3 Å². The van der Waals surface area contributed by atoms with E-state index in [-0.39, 0.29) is 25.5 Å². The molecule has 1 aromatic carbocycles. The third-order valence-electron chi connectivity index (χ3n) is 3.49. The summed E-state index contributed by atoms with van der Waals surface area (Å²) in [6.45, 7) is 2.53.